The van der Waals surface area contributed by atoms with E-state index in [0.29, 0.717) is 18.0 Å². The summed E-state index contributed by atoms with van der Waals surface area (Å²) in [5, 5.41) is 6.32. The predicted molar refractivity (Wildman–Crippen MR) is 82.5 cm³/mol. The maximum absolute atomic E-state index is 12.1. The number of nitrogens with one attached hydrogen (secondary N) is 2. The second-order valence-corrected chi connectivity index (χ2v) is 6.08. The summed E-state index contributed by atoms with van der Waals surface area (Å²) in [7, 11) is 0. The van der Waals surface area contributed by atoms with Crippen molar-refractivity contribution in [3.8, 4) is 0 Å². The van der Waals surface area contributed by atoms with Crippen LogP contribution in [0.1, 0.15) is 54.3 Å². The number of ether oxygens (including phenoxy) is 1. The third kappa shape index (κ3) is 4.01. The number of nitrogens with zero attached hydrogens (tertiary/aromatic N) is 2. The third-order valence-electron chi connectivity index (χ3n) is 4.49. The highest BCUT2D eigenvalue weighted by atomic mass is 16.5. The molecule has 2 fully saturated rings. The fourth-order valence-electron chi connectivity index (χ4n) is 3.07. The molecule has 2 saturated heterocycles. The van der Waals surface area contributed by atoms with Crippen LogP contribution in [-0.2, 0) is 4.74 Å². The molecule has 0 bridgehead atoms. The summed E-state index contributed by atoms with van der Waals surface area (Å²) in [5.41, 5.74) is 0.536. The Morgan fingerprint density at radius 3 is 2.73 bits per heavy atom. The molecule has 0 aliphatic carbocycles. The van der Waals surface area contributed by atoms with Gasteiger partial charge in [-0.2, -0.15) is 0 Å². The topological polar surface area (TPSA) is 76.1 Å². The van der Waals surface area contributed by atoms with Crippen molar-refractivity contribution in [2.24, 2.45) is 5.92 Å². The van der Waals surface area contributed by atoms with Crippen LogP contribution in [0, 0.1) is 5.92 Å². The van der Waals surface area contributed by atoms with Crippen LogP contribution in [0.5, 0.6) is 0 Å². The molecule has 1 aromatic rings. The molecule has 2 aliphatic rings. The Bertz CT molecular complexity index is 479. The molecular formula is C16H24N4O2. The van der Waals surface area contributed by atoms with Crippen molar-refractivity contribution in [2.45, 2.75) is 38.1 Å². The number of hydrogen-bond acceptors (Lipinski definition) is 5. The van der Waals surface area contributed by atoms with E-state index in [1.54, 1.807) is 12.4 Å². The maximum atomic E-state index is 12.1. The molecule has 22 heavy (non-hydrogen) atoms. The Balaban J connectivity index is 1.45. The average Bonchev–Trinajstić information content (AvgIpc) is 3.10. The minimum Gasteiger partial charge on any atom is -0.381 e. The molecule has 3 heterocycles. The molecule has 120 valence electrons. The van der Waals surface area contributed by atoms with Crippen LogP contribution in [0.3, 0.4) is 0 Å². The molecule has 6 heteroatoms. The Labute approximate surface area is 131 Å². The van der Waals surface area contributed by atoms with Crippen molar-refractivity contribution < 1.29 is 9.53 Å². The Hall–Kier alpha value is -1.53. The summed E-state index contributed by atoms with van der Waals surface area (Å²) >= 11 is 0. The van der Waals surface area contributed by atoms with Crippen LogP contribution >= 0.6 is 0 Å². The van der Waals surface area contributed by atoms with Crippen LogP contribution in [0.2, 0.25) is 0 Å². The van der Waals surface area contributed by atoms with Gasteiger partial charge >= 0.3 is 0 Å². The van der Waals surface area contributed by atoms with E-state index in [1.165, 1.54) is 0 Å². The largest absolute Gasteiger partial charge is 0.381 e. The highest BCUT2D eigenvalue weighted by Crippen LogP contribution is 2.19. The Kier molecular flexibility index (Phi) is 5.34. The molecule has 1 unspecified atom stereocenters. The molecule has 1 amide bonds. The zero-order valence-corrected chi connectivity index (χ0v) is 12.9. The lowest BCUT2D eigenvalue weighted by atomic mass is 9.97. The number of hydrogen-bond donors (Lipinski definition) is 2. The Morgan fingerprint density at radius 1 is 1.27 bits per heavy atom. The van der Waals surface area contributed by atoms with E-state index in [4.69, 9.17) is 4.74 Å². The van der Waals surface area contributed by atoms with Gasteiger partial charge in [-0.15, -0.1) is 0 Å². The normalized spacial score (nSPS) is 22.6. The number of aromatic nitrogens is 2. The molecule has 6 nitrogen and oxygen atoms in total. The standard InChI is InChI=1S/C16H24N4O2/c21-16(18-7-3-12-4-8-22-9-5-12)13-10-19-15(20-11-13)14-2-1-6-17-14/h10-12,14,17H,1-9H2,(H,18,21). The molecule has 1 aromatic heterocycles. The second-order valence-electron chi connectivity index (χ2n) is 6.08. The fraction of sp³-hybridized carbons (Fsp3) is 0.688. The van der Waals surface area contributed by atoms with E-state index >= 15 is 0 Å². The molecule has 0 saturated carbocycles. The number of carbonyl (C=O) groups excluding carboxylic acids is 1. The van der Waals surface area contributed by atoms with Gasteiger partial charge in [0.15, 0.2) is 0 Å². The summed E-state index contributed by atoms with van der Waals surface area (Å²) in [4.78, 5) is 20.7. The van der Waals surface area contributed by atoms with E-state index in [9.17, 15) is 4.79 Å². The van der Waals surface area contributed by atoms with Crippen molar-refractivity contribution in [2.75, 3.05) is 26.3 Å². The van der Waals surface area contributed by atoms with Gasteiger partial charge in [-0.1, -0.05) is 0 Å². The monoisotopic (exact) mass is 304 g/mol. The van der Waals surface area contributed by atoms with Gasteiger partial charge in [0.1, 0.15) is 5.82 Å². The van der Waals surface area contributed by atoms with Crippen molar-refractivity contribution in [3.05, 3.63) is 23.8 Å². The van der Waals surface area contributed by atoms with Gasteiger partial charge in [0.05, 0.1) is 11.6 Å². The highest BCUT2D eigenvalue weighted by molar-refractivity contribution is 5.93. The van der Waals surface area contributed by atoms with Crippen molar-refractivity contribution in [1.29, 1.82) is 0 Å². The van der Waals surface area contributed by atoms with Gasteiger partial charge in [0, 0.05) is 32.2 Å². The summed E-state index contributed by atoms with van der Waals surface area (Å²) in [5.74, 6) is 1.37. The van der Waals surface area contributed by atoms with Crippen LogP contribution in [0.15, 0.2) is 12.4 Å². The lowest BCUT2D eigenvalue weighted by Gasteiger charge is -2.21. The first kappa shape index (κ1) is 15.4. The van der Waals surface area contributed by atoms with E-state index in [2.05, 4.69) is 20.6 Å². The average molecular weight is 304 g/mol. The van der Waals surface area contributed by atoms with Gasteiger partial charge in [-0.25, -0.2) is 9.97 Å². The molecule has 0 spiro atoms. The summed E-state index contributed by atoms with van der Waals surface area (Å²) in [6.07, 6.45) is 8.70. The lowest BCUT2D eigenvalue weighted by molar-refractivity contribution is 0.0636. The molecule has 3 rings (SSSR count). The quantitative estimate of drug-likeness (QED) is 0.861. The van der Waals surface area contributed by atoms with Gasteiger partial charge in [0.2, 0.25) is 0 Å². The minimum atomic E-state index is -0.0852. The third-order valence-corrected chi connectivity index (χ3v) is 4.49. The first-order valence-electron chi connectivity index (χ1n) is 8.24. The van der Waals surface area contributed by atoms with E-state index < -0.39 is 0 Å². The van der Waals surface area contributed by atoms with Gasteiger partial charge in [0.25, 0.3) is 5.91 Å². The van der Waals surface area contributed by atoms with Crippen molar-refractivity contribution >= 4 is 5.91 Å². The smallest absolute Gasteiger partial charge is 0.254 e. The maximum Gasteiger partial charge on any atom is 0.254 e. The van der Waals surface area contributed by atoms with Crippen molar-refractivity contribution in [3.63, 3.8) is 0 Å². The second kappa shape index (κ2) is 7.65. The lowest BCUT2D eigenvalue weighted by Crippen LogP contribution is -2.28. The van der Waals surface area contributed by atoms with E-state index in [0.717, 1.165) is 57.7 Å². The summed E-state index contributed by atoms with van der Waals surface area (Å²) in [6.45, 7) is 3.42. The summed E-state index contributed by atoms with van der Waals surface area (Å²) in [6, 6.07) is 0.241. The molecule has 0 radical (unpaired) electrons. The van der Waals surface area contributed by atoms with Gasteiger partial charge in [-0.05, 0) is 44.6 Å². The van der Waals surface area contributed by atoms with Crippen LogP contribution in [0.25, 0.3) is 0 Å². The first-order valence-corrected chi connectivity index (χ1v) is 8.24. The summed E-state index contributed by atoms with van der Waals surface area (Å²) < 4.78 is 5.34. The van der Waals surface area contributed by atoms with E-state index in [1.807, 2.05) is 0 Å². The van der Waals surface area contributed by atoms with Crippen molar-refractivity contribution in [1.82, 2.24) is 20.6 Å². The first-order chi connectivity index (χ1) is 10.8. The SMILES string of the molecule is O=C(NCCC1CCOCC1)c1cnc(C2CCCN2)nc1. The zero-order valence-electron chi connectivity index (χ0n) is 12.9. The van der Waals surface area contributed by atoms with Crippen LogP contribution in [-0.4, -0.2) is 42.2 Å². The number of carbonyl (C=O) groups is 1. The molecule has 2 aliphatic heterocycles. The van der Waals surface area contributed by atoms with Gasteiger partial charge in [-0.3, -0.25) is 4.79 Å². The zero-order chi connectivity index (χ0) is 15.2. The number of rotatable bonds is 5. The molecular weight excluding hydrogens is 280 g/mol. The molecule has 1 atom stereocenters. The number of amides is 1. The van der Waals surface area contributed by atoms with Gasteiger partial charge < -0.3 is 15.4 Å². The fourth-order valence-corrected chi connectivity index (χ4v) is 3.07. The molecule has 0 aromatic carbocycles. The van der Waals surface area contributed by atoms with Crippen LogP contribution in [0.4, 0.5) is 0 Å². The highest BCUT2D eigenvalue weighted by Gasteiger charge is 2.19. The van der Waals surface area contributed by atoms with Crippen LogP contribution < -0.4 is 10.6 Å². The predicted octanol–water partition coefficient (Wildman–Crippen LogP) is 1.45. The molecule has 2 N–H and O–H groups in total. The van der Waals surface area contributed by atoms with E-state index in [-0.39, 0.29) is 11.9 Å². The Morgan fingerprint density at radius 2 is 2.05 bits per heavy atom. The minimum absolute atomic E-state index is 0.0852.